The van der Waals surface area contributed by atoms with Crippen molar-refractivity contribution in [2.75, 3.05) is 18.5 Å². The van der Waals surface area contributed by atoms with E-state index in [2.05, 4.69) is 32.3 Å². The van der Waals surface area contributed by atoms with Crippen molar-refractivity contribution in [3.05, 3.63) is 40.5 Å². The van der Waals surface area contributed by atoms with Crippen LogP contribution in [0.15, 0.2) is 34.9 Å². The van der Waals surface area contributed by atoms with E-state index in [0.29, 0.717) is 30.3 Å². The van der Waals surface area contributed by atoms with E-state index in [-0.39, 0.29) is 0 Å². The number of ether oxygens (including phenoxy) is 2. The fraction of sp³-hybridized carbons (Fsp3) is 0.143. The van der Waals surface area contributed by atoms with E-state index in [1.807, 2.05) is 18.2 Å². The summed E-state index contributed by atoms with van der Waals surface area (Å²) in [4.78, 5) is 4.20. The van der Waals surface area contributed by atoms with Crippen LogP contribution in [0.3, 0.4) is 0 Å². The highest BCUT2D eigenvalue weighted by molar-refractivity contribution is 9.10. The van der Waals surface area contributed by atoms with Gasteiger partial charge in [0.15, 0.2) is 11.5 Å². The van der Waals surface area contributed by atoms with Crippen LogP contribution in [0.25, 0.3) is 0 Å². The Kier molecular flexibility index (Phi) is 3.44. The van der Waals surface area contributed by atoms with Crippen LogP contribution < -0.4 is 14.8 Å². The van der Waals surface area contributed by atoms with E-state index < -0.39 is 0 Å². The van der Waals surface area contributed by atoms with Crippen LogP contribution in [0.5, 0.6) is 11.5 Å². The van der Waals surface area contributed by atoms with Crippen molar-refractivity contribution in [2.45, 2.75) is 0 Å². The zero-order chi connectivity index (χ0) is 13.9. The van der Waals surface area contributed by atoms with E-state index in [0.717, 1.165) is 15.9 Å². The average Bonchev–Trinajstić information content (AvgIpc) is 2.49. The molecule has 0 radical (unpaired) electrons. The maximum absolute atomic E-state index is 9.12. The number of nitrogens with one attached hydrogen (secondary N) is 1. The number of fused-ring (bicyclic) bond motifs is 1. The molecule has 1 aromatic heterocycles. The molecule has 1 aromatic carbocycles. The standard InChI is InChI=1S/C14H10BrN3O2/c15-10-5-9(7-16)14(17-8-10)18-11-1-2-12-13(6-11)20-4-3-19-12/h1-2,5-6,8H,3-4H2,(H,17,18). The minimum Gasteiger partial charge on any atom is -0.486 e. The van der Waals surface area contributed by atoms with Crippen molar-refractivity contribution >= 4 is 27.4 Å². The molecule has 20 heavy (non-hydrogen) atoms. The highest BCUT2D eigenvalue weighted by Crippen LogP contribution is 2.33. The second-order valence-corrected chi connectivity index (χ2v) is 5.06. The number of rotatable bonds is 2. The molecule has 1 aliphatic heterocycles. The monoisotopic (exact) mass is 331 g/mol. The molecule has 0 bridgehead atoms. The van der Waals surface area contributed by atoms with Gasteiger partial charge >= 0.3 is 0 Å². The third-order valence-electron chi connectivity index (χ3n) is 2.78. The van der Waals surface area contributed by atoms with Crippen LogP contribution in [-0.2, 0) is 0 Å². The summed E-state index contributed by atoms with van der Waals surface area (Å²) in [6.07, 6.45) is 1.64. The van der Waals surface area contributed by atoms with Gasteiger partial charge in [-0.15, -0.1) is 0 Å². The summed E-state index contributed by atoms with van der Waals surface area (Å²) in [6.45, 7) is 1.10. The van der Waals surface area contributed by atoms with Gasteiger partial charge in [-0.05, 0) is 34.1 Å². The van der Waals surface area contributed by atoms with Gasteiger partial charge in [0, 0.05) is 22.4 Å². The van der Waals surface area contributed by atoms with Crippen molar-refractivity contribution < 1.29 is 9.47 Å². The smallest absolute Gasteiger partial charge is 0.163 e. The van der Waals surface area contributed by atoms with Crippen molar-refractivity contribution in [1.82, 2.24) is 4.98 Å². The van der Waals surface area contributed by atoms with E-state index >= 15 is 0 Å². The van der Waals surface area contributed by atoms with Gasteiger partial charge in [-0.1, -0.05) is 0 Å². The maximum Gasteiger partial charge on any atom is 0.163 e. The van der Waals surface area contributed by atoms with Crippen molar-refractivity contribution in [3.63, 3.8) is 0 Å². The second kappa shape index (κ2) is 5.39. The fourth-order valence-corrected chi connectivity index (χ4v) is 2.21. The number of halogens is 1. The Bertz CT molecular complexity index is 697. The molecule has 2 heterocycles. The first-order chi connectivity index (χ1) is 9.76. The summed E-state index contributed by atoms with van der Waals surface area (Å²) in [6, 6.07) is 9.35. The molecular formula is C14H10BrN3O2. The summed E-state index contributed by atoms with van der Waals surface area (Å²) in [7, 11) is 0. The highest BCUT2D eigenvalue weighted by atomic mass is 79.9. The van der Waals surface area contributed by atoms with Gasteiger partial charge in [-0.3, -0.25) is 0 Å². The Morgan fingerprint density at radius 1 is 1.20 bits per heavy atom. The fourth-order valence-electron chi connectivity index (χ4n) is 1.88. The Labute approximate surface area is 124 Å². The van der Waals surface area contributed by atoms with Gasteiger partial charge in [-0.25, -0.2) is 4.98 Å². The molecule has 5 nitrogen and oxygen atoms in total. The van der Waals surface area contributed by atoms with Gasteiger partial charge < -0.3 is 14.8 Å². The molecule has 0 fully saturated rings. The molecule has 3 rings (SSSR count). The lowest BCUT2D eigenvalue weighted by molar-refractivity contribution is 0.171. The molecule has 0 aliphatic carbocycles. The number of benzene rings is 1. The van der Waals surface area contributed by atoms with Gasteiger partial charge in [0.2, 0.25) is 0 Å². The molecule has 1 N–H and O–H groups in total. The van der Waals surface area contributed by atoms with Gasteiger partial charge in [0.05, 0.1) is 5.56 Å². The first kappa shape index (κ1) is 12.8. The molecule has 0 amide bonds. The van der Waals surface area contributed by atoms with Gasteiger partial charge in [0.25, 0.3) is 0 Å². The maximum atomic E-state index is 9.12. The van der Waals surface area contributed by atoms with E-state index in [1.54, 1.807) is 12.3 Å². The summed E-state index contributed by atoms with van der Waals surface area (Å²) in [5, 5.41) is 12.2. The lowest BCUT2D eigenvalue weighted by Gasteiger charge is -2.19. The zero-order valence-electron chi connectivity index (χ0n) is 10.4. The topological polar surface area (TPSA) is 67.2 Å². The number of nitrogens with zero attached hydrogens (tertiary/aromatic N) is 2. The number of hydrogen-bond donors (Lipinski definition) is 1. The zero-order valence-corrected chi connectivity index (χ0v) is 12.0. The van der Waals surface area contributed by atoms with E-state index in [4.69, 9.17) is 14.7 Å². The van der Waals surface area contributed by atoms with Gasteiger partial charge in [-0.2, -0.15) is 5.26 Å². The molecule has 0 spiro atoms. The highest BCUT2D eigenvalue weighted by Gasteiger charge is 2.12. The summed E-state index contributed by atoms with van der Waals surface area (Å²) >= 11 is 3.29. The Hall–Kier alpha value is -2.26. The normalized spacial score (nSPS) is 12.6. The SMILES string of the molecule is N#Cc1cc(Br)cnc1Nc1ccc2c(c1)OCCO2. The molecule has 0 saturated carbocycles. The van der Waals surface area contributed by atoms with Crippen LogP contribution >= 0.6 is 15.9 Å². The molecule has 2 aromatic rings. The number of pyridine rings is 1. The number of hydrogen-bond acceptors (Lipinski definition) is 5. The minimum absolute atomic E-state index is 0.467. The predicted octanol–water partition coefficient (Wildman–Crippen LogP) is 3.23. The molecule has 1 aliphatic rings. The first-order valence-corrected chi connectivity index (χ1v) is 6.78. The molecular weight excluding hydrogens is 322 g/mol. The van der Waals surface area contributed by atoms with E-state index in [9.17, 15) is 0 Å². The van der Waals surface area contributed by atoms with Crippen LogP contribution in [0, 0.1) is 11.3 Å². The average molecular weight is 332 g/mol. The predicted molar refractivity (Wildman–Crippen MR) is 77.4 cm³/mol. The number of aromatic nitrogens is 1. The van der Waals surface area contributed by atoms with Crippen molar-refractivity contribution in [3.8, 4) is 17.6 Å². The molecule has 100 valence electrons. The van der Waals surface area contributed by atoms with Crippen molar-refractivity contribution in [2.24, 2.45) is 0 Å². The lowest BCUT2D eigenvalue weighted by Crippen LogP contribution is -2.15. The van der Waals surface area contributed by atoms with Gasteiger partial charge in [0.1, 0.15) is 25.1 Å². The molecule has 0 atom stereocenters. The quantitative estimate of drug-likeness (QED) is 0.914. The molecule has 0 unspecified atom stereocenters. The third kappa shape index (κ3) is 2.53. The molecule has 0 saturated heterocycles. The van der Waals surface area contributed by atoms with Crippen LogP contribution in [0.4, 0.5) is 11.5 Å². The number of nitriles is 1. The number of anilines is 2. The third-order valence-corrected chi connectivity index (χ3v) is 3.21. The second-order valence-electron chi connectivity index (χ2n) is 4.14. The van der Waals surface area contributed by atoms with Crippen LogP contribution in [0.2, 0.25) is 0 Å². The summed E-state index contributed by atoms with van der Waals surface area (Å²) in [5.74, 6) is 1.93. The van der Waals surface area contributed by atoms with E-state index in [1.165, 1.54) is 0 Å². The minimum atomic E-state index is 0.467. The first-order valence-electron chi connectivity index (χ1n) is 5.98. The Morgan fingerprint density at radius 3 is 2.80 bits per heavy atom. The van der Waals surface area contributed by atoms with Crippen LogP contribution in [-0.4, -0.2) is 18.2 Å². The Balaban J connectivity index is 1.90. The molecule has 6 heteroatoms. The summed E-state index contributed by atoms with van der Waals surface area (Å²) < 4.78 is 11.7. The van der Waals surface area contributed by atoms with Crippen molar-refractivity contribution in [1.29, 1.82) is 5.26 Å². The largest absolute Gasteiger partial charge is 0.486 e. The lowest BCUT2D eigenvalue weighted by atomic mass is 10.2. The van der Waals surface area contributed by atoms with Crippen LogP contribution in [0.1, 0.15) is 5.56 Å². The Morgan fingerprint density at radius 2 is 2.00 bits per heavy atom. The summed E-state index contributed by atoms with van der Waals surface area (Å²) in [5.41, 5.74) is 1.26.